The minimum atomic E-state index is -0.273. The van der Waals surface area contributed by atoms with E-state index in [1.807, 2.05) is 38.1 Å². The van der Waals surface area contributed by atoms with Gasteiger partial charge in [-0.2, -0.15) is 0 Å². The molecule has 22 heavy (non-hydrogen) atoms. The number of ketones is 1. The molecule has 3 nitrogen and oxygen atoms in total. The number of hydrogen-bond donors (Lipinski definition) is 0. The van der Waals surface area contributed by atoms with Crippen LogP contribution in [0.4, 0.5) is 0 Å². The molecule has 0 fully saturated rings. The van der Waals surface area contributed by atoms with E-state index in [2.05, 4.69) is 41.8 Å². The lowest BCUT2D eigenvalue weighted by atomic mass is 9.87. The zero-order valence-corrected chi connectivity index (χ0v) is 15.8. The van der Waals surface area contributed by atoms with E-state index in [0.717, 1.165) is 22.5 Å². The Kier molecular flexibility index (Phi) is 6.26. The van der Waals surface area contributed by atoms with Crippen LogP contribution in [0.3, 0.4) is 0 Å². The first-order chi connectivity index (χ1) is 10.6. The summed E-state index contributed by atoms with van der Waals surface area (Å²) in [7, 11) is 0. The summed E-state index contributed by atoms with van der Waals surface area (Å²) in [6.07, 6.45) is 3.47. The Bertz CT molecular complexity index is 605. The Labute approximate surface area is 147 Å². The van der Waals surface area contributed by atoms with Gasteiger partial charge in [0.05, 0.1) is 23.2 Å². The number of carbonyl (C=O) groups is 1. The average Bonchev–Trinajstić information content (AvgIpc) is 2.52. The number of aromatic nitrogens is 2. The molecule has 0 spiro atoms. The van der Waals surface area contributed by atoms with Crippen molar-refractivity contribution in [2.45, 2.75) is 25.7 Å². The lowest BCUT2D eigenvalue weighted by molar-refractivity contribution is -0.121. The second kappa shape index (κ2) is 7.97. The van der Waals surface area contributed by atoms with Gasteiger partial charge in [-0.25, -0.2) is 0 Å². The number of hydrogen-bond acceptors (Lipinski definition) is 3. The molecule has 2 unspecified atom stereocenters. The molecule has 0 bridgehead atoms. The molecule has 5 heteroatoms. The van der Waals surface area contributed by atoms with Crippen LogP contribution < -0.4 is 0 Å². The van der Waals surface area contributed by atoms with Crippen LogP contribution in [0.25, 0.3) is 0 Å². The molecule has 0 amide bonds. The highest BCUT2D eigenvalue weighted by atomic mass is 79.9. The van der Waals surface area contributed by atoms with Crippen LogP contribution in [0.1, 0.15) is 34.4 Å². The van der Waals surface area contributed by atoms with Gasteiger partial charge in [0, 0.05) is 23.1 Å². The third-order valence-electron chi connectivity index (χ3n) is 3.76. The van der Waals surface area contributed by atoms with E-state index in [-0.39, 0.29) is 17.6 Å². The molecule has 2 aromatic rings. The highest BCUT2D eigenvalue weighted by Gasteiger charge is 2.31. The van der Waals surface area contributed by atoms with Gasteiger partial charge in [0.1, 0.15) is 0 Å². The predicted molar refractivity (Wildman–Crippen MR) is 96.0 cm³/mol. The van der Waals surface area contributed by atoms with Gasteiger partial charge in [0.15, 0.2) is 5.78 Å². The largest absolute Gasteiger partial charge is 0.298 e. The fourth-order valence-electron chi connectivity index (χ4n) is 2.54. The Balaban J connectivity index is 2.39. The maximum atomic E-state index is 13.1. The molecule has 0 radical (unpaired) electrons. The lowest BCUT2D eigenvalue weighted by Crippen LogP contribution is -2.25. The summed E-state index contributed by atoms with van der Waals surface area (Å²) in [5.41, 5.74) is 3.74. The van der Waals surface area contributed by atoms with Crippen molar-refractivity contribution in [3.05, 3.63) is 59.2 Å². The number of rotatable bonds is 6. The number of carbonyl (C=O) groups excluding carboxylic acids is 1. The van der Waals surface area contributed by atoms with E-state index in [9.17, 15) is 4.79 Å². The zero-order chi connectivity index (χ0) is 16.1. The van der Waals surface area contributed by atoms with Gasteiger partial charge in [-0.05, 0) is 37.1 Å². The fourth-order valence-corrected chi connectivity index (χ4v) is 3.79. The molecule has 0 saturated carbocycles. The molecular weight excluding hydrogens is 408 g/mol. The molecule has 0 aliphatic carbocycles. The van der Waals surface area contributed by atoms with E-state index in [1.165, 1.54) is 0 Å². The minimum absolute atomic E-state index is 0.136. The molecular formula is C17H18Br2N2O. The molecule has 0 N–H and O–H groups in total. The minimum Gasteiger partial charge on any atom is -0.298 e. The Hall–Kier alpha value is -1.07. The van der Waals surface area contributed by atoms with Gasteiger partial charge in [-0.15, -0.1) is 0 Å². The van der Waals surface area contributed by atoms with Crippen LogP contribution in [-0.2, 0) is 4.79 Å². The topological polar surface area (TPSA) is 42.9 Å². The van der Waals surface area contributed by atoms with Crippen LogP contribution in [0.5, 0.6) is 0 Å². The number of nitrogens with zero attached hydrogens (tertiary/aromatic N) is 2. The SMILES string of the molecule is Cc1cccnc1C(CBr)C(=O)C(CBr)c1ncccc1C. The van der Waals surface area contributed by atoms with Crippen molar-refractivity contribution in [2.75, 3.05) is 10.7 Å². The summed E-state index contributed by atoms with van der Waals surface area (Å²) in [4.78, 5) is 21.9. The molecule has 2 heterocycles. The second-order valence-electron chi connectivity index (χ2n) is 5.23. The molecule has 0 aliphatic rings. The summed E-state index contributed by atoms with van der Waals surface area (Å²) in [6, 6.07) is 7.75. The Morgan fingerprint density at radius 3 is 1.68 bits per heavy atom. The molecule has 2 atom stereocenters. The van der Waals surface area contributed by atoms with Gasteiger partial charge in [-0.3, -0.25) is 14.8 Å². The van der Waals surface area contributed by atoms with E-state index >= 15 is 0 Å². The molecule has 116 valence electrons. The van der Waals surface area contributed by atoms with Gasteiger partial charge < -0.3 is 0 Å². The van der Waals surface area contributed by atoms with Crippen LogP contribution in [0.2, 0.25) is 0 Å². The van der Waals surface area contributed by atoms with Crippen LogP contribution in [0.15, 0.2) is 36.7 Å². The predicted octanol–water partition coefficient (Wildman–Crippen LogP) is 4.32. The number of aryl methyl sites for hydroxylation is 2. The van der Waals surface area contributed by atoms with Crippen LogP contribution >= 0.6 is 31.9 Å². The standard InChI is InChI=1S/C17H18Br2N2O/c1-11-5-3-7-20-15(11)13(9-18)17(22)14(10-19)16-12(2)6-4-8-21-16/h3-8,13-14H,9-10H2,1-2H3. The van der Waals surface area contributed by atoms with Gasteiger partial charge in [-0.1, -0.05) is 44.0 Å². The maximum Gasteiger partial charge on any atom is 0.152 e. The van der Waals surface area contributed by atoms with E-state index in [0.29, 0.717) is 10.7 Å². The summed E-state index contributed by atoms with van der Waals surface area (Å²) in [5, 5.41) is 1.11. The van der Waals surface area contributed by atoms with Crippen LogP contribution in [0, 0.1) is 13.8 Å². The van der Waals surface area contributed by atoms with E-state index < -0.39 is 0 Å². The highest BCUT2D eigenvalue weighted by molar-refractivity contribution is 9.09. The summed E-state index contributed by atoms with van der Waals surface area (Å²) in [6.45, 7) is 3.97. The van der Waals surface area contributed by atoms with Crippen molar-refractivity contribution >= 4 is 37.6 Å². The summed E-state index contributed by atoms with van der Waals surface area (Å²) in [5.74, 6) is -0.410. The summed E-state index contributed by atoms with van der Waals surface area (Å²) >= 11 is 6.96. The van der Waals surface area contributed by atoms with Crippen molar-refractivity contribution in [1.82, 2.24) is 9.97 Å². The van der Waals surface area contributed by atoms with Gasteiger partial charge in [0.2, 0.25) is 0 Å². The third kappa shape index (κ3) is 3.63. The van der Waals surface area contributed by atoms with Crippen molar-refractivity contribution in [3.63, 3.8) is 0 Å². The number of pyridine rings is 2. The first-order valence-corrected chi connectivity index (χ1v) is 9.33. The monoisotopic (exact) mass is 424 g/mol. The highest BCUT2D eigenvalue weighted by Crippen LogP contribution is 2.30. The molecule has 0 saturated heterocycles. The molecule has 0 aliphatic heterocycles. The smallest absolute Gasteiger partial charge is 0.152 e. The lowest BCUT2D eigenvalue weighted by Gasteiger charge is -2.21. The molecule has 2 aromatic heterocycles. The van der Waals surface area contributed by atoms with Gasteiger partial charge >= 0.3 is 0 Å². The van der Waals surface area contributed by atoms with Crippen molar-refractivity contribution in [3.8, 4) is 0 Å². The fraction of sp³-hybridized carbons (Fsp3) is 0.353. The average molecular weight is 426 g/mol. The van der Waals surface area contributed by atoms with Gasteiger partial charge in [0.25, 0.3) is 0 Å². The maximum absolute atomic E-state index is 13.1. The van der Waals surface area contributed by atoms with E-state index in [4.69, 9.17) is 0 Å². The normalized spacial score (nSPS) is 13.6. The first kappa shape index (κ1) is 17.3. The molecule has 0 aromatic carbocycles. The number of alkyl halides is 2. The van der Waals surface area contributed by atoms with Crippen molar-refractivity contribution < 1.29 is 4.79 Å². The second-order valence-corrected chi connectivity index (χ2v) is 6.52. The zero-order valence-electron chi connectivity index (χ0n) is 12.6. The van der Waals surface area contributed by atoms with Crippen LogP contribution in [-0.4, -0.2) is 26.4 Å². The number of Topliss-reactive ketones (excluding diaryl/α,β-unsaturated/α-hetero) is 1. The van der Waals surface area contributed by atoms with Crippen molar-refractivity contribution in [1.29, 1.82) is 0 Å². The summed E-state index contributed by atoms with van der Waals surface area (Å²) < 4.78 is 0. The quantitative estimate of drug-likeness (QED) is 0.647. The van der Waals surface area contributed by atoms with E-state index in [1.54, 1.807) is 12.4 Å². The Morgan fingerprint density at radius 2 is 1.36 bits per heavy atom. The first-order valence-electron chi connectivity index (χ1n) is 7.08. The van der Waals surface area contributed by atoms with Crippen molar-refractivity contribution in [2.24, 2.45) is 0 Å². The third-order valence-corrected chi connectivity index (χ3v) is 5.05. The molecule has 2 rings (SSSR count). The Morgan fingerprint density at radius 1 is 0.955 bits per heavy atom. The number of halogens is 2.